The first-order valence-corrected chi connectivity index (χ1v) is 10.1. The predicted molar refractivity (Wildman–Crippen MR) is 115 cm³/mol. The smallest absolute Gasteiger partial charge is 0.216 e. The Labute approximate surface area is 176 Å². The van der Waals surface area contributed by atoms with Crippen LogP contribution in [0.2, 0.25) is 0 Å². The number of carbonyl (C=O) groups is 3. The maximum atomic E-state index is 12.2. The fourth-order valence-corrected chi connectivity index (χ4v) is 2.93. The van der Waals surface area contributed by atoms with E-state index in [1.54, 1.807) is 0 Å². The molecule has 0 amide bonds. The van der Waals surface area contributed by atoms with E-state index in [2.05, 4.69) is 10.3 Å². The van der Waals surface area contributed by atoms with Crippen LogP contribution < -0.4 is 22.5 Å². The summed E-state index contributed by atoms with van der Waals surface area (Å²) in [6.45, 7) is 0.758. The molecular weight excluding hydrogens is 394 g/mol. The van der Waals surface area contributed by atoms with Crippen LogP contribution in [0.5, 0.6) is 0 Å². The molecule has 29 heavy (non-hydrogen) atoms. The van der Waals surface area contributed by atoms with Crippen molar-refractivity contribution in [2.45, 2.75) is 44.2 Å². The molecule has 0 saturated carbocycles. The molecule has 0 unspecified atom stereocenters. The van der Waals surface area contributed by atoms with Crippen LogP contribution in [0.25, 0.3) is 0 Å². The zero-order valence-electron chi connectivity index (χ0n) is 16.5. The maximum absolute atomic E-state index is 12.2. The van der Waals surface area contributed by atoms with E-state index in [4.69, 9.17) is 28.8 Å². The Balaban J connectivity index is 2.43. The molecule has 0 heterocycles. The summed E-state index contributed by atoms with van der Waals surface area (Å²) in [7, 11) is 0. The van der Waals surface area contributed by atoms with Crippen molar-refractivity contribution in [3.05, 3.63) is 35.9 Å². The van der Waals surface area contributed by atoms with Gasteiger partial charge in [0.15, 0.2) is 5.96 Å². The van der Waals surface area contributed by atoms with E-state index >= 15 is 0 Å². The van der Waals surface area contributed by atoms with Crippen LogP contribution in [0.3, 0.4) is 0 Å². The second-order valence-electron chi connectivity index (χ2n) is 6.74. The van der Waals surface area contributed by atoms with Crippen LogP contribution >= 0.6 is 11.6 Å². The van der Waals surface area contributed by atoms with Crippen molar-refractivity contribution in [1.29, 1.82) is 0 Å². The molecule has 2 atom stereocenters. The summed E-state index contributed by atoms with van der Waals surface area (Å²) in [5.74, 6) is -1.65. The zero-order chi connectivity index (χ0) is 21.6. The van der Waals surface area contributed by atoms with Crippen molar-refractivity contribution in [3.63, 3.8) is 0 Å². The molecule has 0 aromatic heterocycles. The molecule has 0 aliphatic heterocycles. The van der Waals surface area contributed by atoms with Gasteiger partial charge in [0.25, 0.3) is 0 Å². The van der Waals surface area contributed by atoms with Gasteiger partial charge in [0.1, 0.15) is 5.78 Å². The number of hydrogen-bond acceptors (Lipinski definition) is 6. The molecule has 0 bridgehead atoms. The molecule has 0 aliphatic rings. The first-order chi connectivity index (χ1) is 13.8. The van der Waals surface area contributed by atoms with Crippen molar-refractivity contribution >= 4 is 34.9 Å². The van der Waals surface area contributed by atoms with E-state index in [-0.39, 0.29) is 17.6 Å². The van der Waals surface area contributed by atoms with Gasteiger partial charge in [0, 0.05) is 13.0 Å². The fraction of sp³-hybridized carbons (Fsp3) is 0.500. The molecule has 0 fully saturated rings. The Kier molecular flexibility index (Phi) is 11.8. The standard InChI is InChI=1S/C20H30ClN5O3/c21-13-18(28)19(29)16(8-4-11-26-20(23)24)25-10-5-9-17(27)15(22)12-14-6-2-1-3-7-14/h1-3,6-7,15-16,25H,4-5,8-13,22H2,(H4,23,24,26)/t15-,16+/m1/s1. The molecule has 7 N–H and O–H groups in total. The van der Waals surface area contributed by atoms with E-state index < -0.39 is 23.7 Å². The summed E-state index contributed by atoms with van der Waals surface area (Å²) in [5.41, 5.74) is 17.5. The molecule has 0 saturated heterocycles. The van der Waals surface area contributed by atoms with E-state index in [0.29, 0.717) is 45.2 Å². The lowest BCUT2D eigenvalue weighted by Gasteiger charge is -2.16. The minimum atomic E-state index is -0.677. The van der Waals surface area contributed by atoms with E-state index in [0.717, 1.165) is 5.56 Å². The lowest BCUT2D eigenvalue weighted by molar-refractivity contribution is -0.136. The number of aliphatic imine (C=N–C) groups is 1. The summed E-state index contributed by atoms with van der Waals surface area (Å²) in [6.07, 6.45) is 2.20. The highest BCUT2D eigenvalue weighted by Crippen LogP contribution is 2.06. The molecule has 9 heteroatoms. The number of alkyl halides is 1. The van der Waals surface area contributed by atoms with Crippen molar-refractivity contribution < 1.29 is 14.4 Å². The normalized spacial score (nSPS) is 12.8. The van der Waals surface area contributed by atoms with Crippen LogP contribution in [-0.4, -0.2) is 54.4 Å². The number of halogens is 1. The number of hydrogen-bond donors (Lipinski definition) is 4. The molecule has 1 aromatic rings. The number of Topliss-reactive ketones (excluding diaryl/α,β-unsaturated/α-hetero) is 3. The molecule has 0 aliphatic carbocycles. The van der Waals surface area contributed by atoms with Crippen molar-refractivity contribution in [2.24, 2.45) is 22.2 Å². The Morgan fingerprint density at radius 2 is 1.79 bits per heavy atom. The summed E-state index contributed by atoms with van der Waals surface area (Å²) in [5, 5.41) is 3.03. The van der Waals surface area contributed by atoms with Crippen LogP contribution in [0.1, 0.15) is 31.2 Å². The molecule has 160 valence electrons. The summed E-state index contributed by atoms with van der Waals surface area (Å²) in [4.78, 5) is 39.9. The number of carbonyl (C=O) groups excluding carboxylic acids is 3. The maximum Gasteiger partial charge on any atom is 0.216 e. The molecule has 0 spiro atoms. The predicted octanol–water partition coefficient (Wildman–Crippen LogP) is 0.295. The fourth-order valence-electron chi connectivity index (χ4n) is 2.80. The third-order valence-corrected chi connectivity index (χ3v) is 4.60. The monoisotopic (exact) mass is 423 g/mol. The number of benzene rings is 1. The zero-order valence-corrected chi connectivity index (χ0v) is 17.2. The van der Waals surface area contributed by atoms with Gasteiger partial charge in [-0.05, 0) is 37.8 Å². The topological polar surface area (TPSA) is 154 Å². The Morgan fingerprint density at radius 3 is 2.41 bits per heavy atom. The highest BCUT2D eigenvalue weighted by molar-refractivity contribution is 6.48. The quantitative estimate of drug-likeness (QED) is 0.104. The number of guanidine groups is 1. The third-order valence-electron chi connectivity index (χ3n) is 4.36. The van der Waals surface area contributed by atoms with Crippen LogP contribution in [-0.2, 0) is 20.8 Å². The number of nitrogens with one attached hydrogen (secondary N) is 1. The van der Waals surface area contributed by atoms with Gasteiger partial charge < -0.3 is 22.5 Å². The Hall–Kier alpha value is -2.29. The van der Waals surface area contributed by atoms with Gasteiger partial charge in [-0.1, -0.05) is 30.3 Å². The summed E-state index contributed by atoms with van der Waals surface area (Å²) < 4.78 is 0. The van der Waals surface area contributed by atoms with Gasteiger partial charge in [-0.2, -0.15) is 0 Å². The second-order valence-corrected chi connectivity index (χ2v) is 7.01. The number of nitrogens with zero attached hydrogens (tertiary/aromatic N) is 1. The minimum Gasteiger partial charge on any atom is -0.370 e. The number of nitrogens with two attached hydrogens (primary N) is 3. The van der Waals surface area contributed by atoms with Gasteiger partial charge in [-0.3, -0.25) is 19.4 Å². The summed E-state index contributed by atoms with van der Waals surface area (Å²) in [6, 6.07) is 8.34. The van der Waals surface area contributed by atoms with Gasteiger partial charge in [0.05, 0.1) is 18.0 Å². The SMILES string of the molecule is NC(N)=NCCC[C@H](NCCCC(=O)[C@H](N)Cc1ccccc1)C(=O)C(=O)CCl. The van der Waals surface area contributed by atoms with Crippen molar-refractivity contribution in [1.82, 2.24) is 5.32 Å². The molecule has 1 rings (SSSR count). The Morgan fingerprint density at radius 1 is 1.10 bits per heavy atom. The van der Waals surface area contributed by atoms with Crippen LogP contribution in [0, 0.1) is 0 Å². The largest absolute Gasteiger partial charge is 0.370 e. The molecule has 8 nitrogen and oxygen atoms in total. The number of ketones is 3. The average molecular weight is 424 g/mol. The lowest BCUT2D eigenvalue weighted by atomic mass is 10.00. The van der Waals surface area contributed by atoms with E-state index in [1.807, 2.05) is 30.3 Å². The molecule has 0 radical (unpaired) electrons. The van der Waals surface area contributed by atoms with Gasteiger partial charge in [0.2, 0.25) is 11.6 Å². The third kappa shape index (κ3) is 10.2. The minimum absolute atomic E-state index is 0.0250. The lowest BCUT2D eigenvalue weighted by Crippen LogP contribution is -2.42. The second kappa shape index (κ2) is 13.8. The highest BCUT2D eigenvalue weighted by atomic mass is 35.5. The Bertz CT molecular complexity index is 693. The average Bonchev–Trinajstić information content (AvgIpc) is 2.71. The number of rotatable bonds is 15. The molecular formula is C20H30ClN5O3. The van der Waals surface area contributed by atoms with Gasteiger partial charge in [-0.15, -0.1) is 11.6 Å². The van der Waals surface area contributed by atoms with E-state index in [1.165, 1.54) is 0 Å². The first-order valence-electron chi connectivity index (χ1n) is 9.59. The van der Waals surface area contributed by atoms with Crippen molar-refractivity contribution in [3.8, 4) is 0 Å². The summed E-state index contributed by atoms with van der Waals surface area (Å²) >= 11 is 5.49. The van der Waals surface area contributed by atoms with E-state index in [9.17, 15) is 14.4 Å². The van der Waals surface area contributed by atoms with Crippen molar-refractivity contribution in [2.75, 3.05) is 19.0 Å². The highest BCUT2D eigenvalue weighted by Gasteiger charge is 2.23. The van der Waals surface area contributed by atoms with Crippen LogP contribution in [0.15, 0.2) is 35.3 Å². The van der Waals surface area contributed by atoms with Crippen LogP contribution in [0.4, 0.5) is 0 Å². The van der Waals surface area contributed by atoms with Gasteiger partial charge in [-0.25, -0.2) is 0 Å². The first kappa shape index (κ1) is 24.7. The molecule has 1 aromatic carbocycles. The van der Waals surface area contributed by atoms with Gasteiger partial charge >= 0.3 is 0 Å².